The zero-order valence-corrected chi connectivity index (χ0v) is 19.1. The van der Waals surface area contributed by atoms with Crippen molar-refractivity contribution in [2.45, 2.75) is 51.8 Å². The summed E-state index contributed by atoms with van der Waals surface area (Å²) < 4.78 is 5.58. The summed E-state index contributed by atoms with van der Waals surface area (Å²) in [6, 6.07) is 2.68. The van der Waals surface area contributed by atoms with Crippen molar-refractivity contribution in [2.24, 2.45) is 4.99 Å². The molecule has 0 radical (unpaired) electrons. The Morgan fingerprint density at radius 2 is 2.10 bits per heavy atom. The van der Waals surface area contributed by atoms with Gasteiger partial charge in [0.05, 0.1) is 6.54 Å². The van der Waals surface area contributed by atoms with Crippen LogP contribution in [-0.2, 0) is 22.5 Å². The molecule has 4 rings (SSSR count). The molecule has 2 fully saturated rings. The van der Waals surface area contributed by atoms with Crippen LogP contribution in [-0.4, -0.2) is 91.1 Å². The topological polar surface area (TPSA) is 60.4 Å². The number of rotatable bonds is 5. The number of ether oxygens (including phenoxy) is 1. The first-order valence-corrected chi connectivity index (χ1v) is 12.3. The van der Waals surface area contributed by atoms with Gasteiger partial charge in [-0.1, -0.05) is 0 Å². The molecule has 2 saturated heterocycles. The second kappa shape index (κ2) is 10.1. The number of nitrogens with zero attached hydrogens (tertiary/aromatic N) is 4. The maximum Gasteiger partial charge on any atom is 0.251 e. The summed E-state index contributed by atoms with van der Waals surface area (Å²) in [4.78, 5) is 25.9. The van der Waals surface area contributed by atoms with Gasteiger partial charge in [-0.25, -0.2) is 0 Å². The molecule has 4 heterocycles. The predicted molar refractivity (Wildman–Crippen MR) is 121 cm³/mol. The molecule has 1 aromatic rings. The fourth-order valence-corrected chi connectivity index (χ4v) is 5.41. The zero-order valence-electron chi connectivity index (χ0n) is 18.3. The summed E-state index contributed by atoms with van der Waals surface area (Å²) >= 11 is 1.89. The van der Waals surface area contributed by atoms with Crippen molar-refractivity contribution in [3.63, 3.8) is 0 Å². The molecule has 8 heteroatoms. The highest BCUT2D eigenvalue weighted by molar-refractivity contribution is 7.10. The van der Waals surface area contributed by atoms with Gasteiger partial charge in [-0.2, -0.15) is 0 Å². The van der Waals surface area contributed by atoms with Crippen LogP contribution in [0.4, 0.5) is 0 Å². The quantitative estimate of drug-likeness (QED) is 0.567. The summed E-state index contributed by atoms with van der Waals surface area (Å²) in [7, 11) is 0. The molecule has 0 aromatic carbocycles. The van der Waals surface area contributed by atoms with E-state index in [0.29, 0.717) is 6.04 Å². The maximum atomic E-state index is 12.6. The average Bonchev–Trinajstić information content (AvgIpc) is 3.47. The SMILES string of the molecule is CCNC(=NCC(C)N1CCc2sccc2C1)N1CCN(C(=O)C2CCCO2)CC1. The number of hydrogen-bond donors (Lipinski definition) is 1. The van der Waals surface area contributed by atoms with Crippen molar-refractivity contribution in [3.8, 4) is 0 Å². The van der Waals surface area contributed by atoms with E-state index in [2.05, 4.69) is 40.4 Å². The highest BCUT2D eigenvalue weighted by Gasteiger charge is 2.31. The molecular weight excluding hydrogens is 398 g/mol. The Labute approximate surface area is 184 Å². The summed E-state index contributed by atoms with van der Waals surface area (Å²) in [5.74, 6) is 1.14. The van der Waals surface area contributed by atoms with Crippen molar-refractivity contribution in [3.05, 3.63) is 21.9 Å². The molecule has 1 aromatic heterocycles. The largest absolute Gasteiger partial charge is 0.368 e. The van der Waals surface area contributed by atoms with Gasteiger partial charge in [0.1, 0.15) is 6.10 Å². The van der Waals surface area contributed by atoms with Crippen molar-refractivity contribution >= 4 is 23.2 Å². The smallest absolute Gasteiger partial charge is 0.251 e. The Bertz CT molecular complexity index is 738. The van der Waals surface area contributed by atoms with Crippen LogP contribution in [0.25, 0.3) is 0 Å². The molecule has 0 aliphatic carbocycles. The van der Waals surface area contributed by atoms with Crippen LogP contribution in [0.15, 0.2) is 16.4 Å². The molecule has 166 valence electrons. The standard InChI is InChI=1S/C22H35N5O2S/c1-3-23-22(24-15-17(2)27-8-6-20-18(16-27)7-14-30-20)26-11-9-25(10-12-26)21(28)19-5-4-13-29-19/h7,14,17,19H,3-6,8-13,15-16H2,1-2H3,(H,23,24). The van der Waals surface area contributed by atoms with Gasteiger partial charge in [-0.05, 0) is 50.1 Å². The fourth-order valence-electron chi connectivity index (χ4n) is 4.52. The van der Waals surface area contributed by atoms with Gasteiger partial charge in [0.25, 0.3) is 5.91 Å². The van der Waals surface area contributed by atoms with Crippen LogP contribution in [0.1, 0.15) is 37.1 Å². The van der Waals surface area contributed by atoms with E-state index in [4.69, 9.17) is 9.73 Å². The third-order valence-corrected chi connectivity index (χ3v) is 7.42. The van der Waals surface area contributed by atoms with E-state index in [1.54, 1.807) is 4.88 Å². The monoisotopic (exact) mass is 433 g/mol. The molecule has 0 bridgehead atoms. The Hall–Kier alpha value is -1.64. The molecule has 2 atom stereocenters. The number of guanidine groups is 1. The number of carbonyl (C=O) groups excluding carboxylic acids is 1. The van der Waals surface area contributed by atoms with Crippen molar-refractivity contribution in [2.75, 3.05) is 52.4 Å². The molecule has 30 heavy (non-hydrogen) atoms. The summed E-state index contributed by atoms with van der Waals surface area (Å²) in [5, 5.41) is 5.66. The molecule has 1 amide bonds. The van der Waals surface area contributed by atoms with Gasteiger partial charge in [-0.15, -0.1) is 11.3 Å². The lowest BCUT2D eigenvalue weighted by Crippen LogP contribution is -2.55. The van der Waals surface area contributed by atoms with Gasteiger partial charge in [0.15, 0.2) is 5.96 Å². The lowest BCUT2D eigenvalue weighted by molar-refractivity contribution is -0.142. The molecule has 0 saturated carbocycles. The van der Waals surface area contributed by atoms with E-state index in [1.807, 2.05) is 16.2 Å². The third-order valence-electron chi connectivity index (χ3n) is 6.40. The highest BCUT2D eigenvalue weighted by atomic mass is 32.1. The van der Waals surface area contributed by atoms with Crippen molar-refractivity contribution in [1.82, 2.24) is 20.0 Å². The normalized spacial score (nSPS) is 24.1. The Morgan fingerprint density at radius 1 is 1.30 bits per heavy atom. The van der Waals surface area contributed by atoms with Gasteiger partial charge >= 0.3 is 0 Å². The number of hydrogen-bond acceptors (Lipinski definition) is 5. The van der Waals surface area contributed by atoms with Crippen LogP contribution in [0.3, 0.4) is 0 Å². The first-order valence-electron chi connectivity index (χ1n) is 11.4. The van der Waals surface area contributed by atoms with Crippen LogP contribution >= 0.6 is 11.3 Å². The highest BCUT2D eigenvalue weighted by Crippen LogP contribution is 2.25. The lowest BCUT2D eigenvalue weighted by atomic mass is 10.1. The van der Waals surface area contributed by atoms with E-state index in [-0.39, 0.29) is 12.0 Å². The van der Waals surface area contributed by atoms with Crippen molar-refractivity contribution in [1.29, 1.82) is 0 Å². The maximum absolute atomic E-state index is 12.6. The van der Waals surface area contributed by atoms with Crippen LogP contribution in [0.2, 0.25) is 0 Å². The number of amides is 1. The van der Waals surface area contributed by atoms with Crippen molar-refractivity contribution < 1.29 is 9.53 Å². The Balaban J connectivity index is 1.30. The lowest BCUT2D eigenvalue weighted by Gasteiger charge is -2.37. The third kappa shape index (κ3) is 4.98. The first kappa shape index (κ1) is 21.6. The fraction of sp³-hybridized carbons (Fsp3) is 0.727. The van der Waals surface area contributed by atoms with E-state index < -0.39 is 0 Å². The second-order valence-corrected chi connectivity index (χ2v) is 9.45. The van der Waals surface area contributed by atoms with E-state index in [9.17, 15) is 4.79 Å². The van der Waals surface area contributed by atoms with Gasteiger partial charge < -0.3 is 19.9 Å². The number of aliphatic imine (C=N–C) groups is 1. The van der Waals surface area contributed by atoms with E-state index >= 15 is 0 Å². The second-order valence-electron chi connectivity index (χ2n) is 8.45. The first-order chi connectivity index (χ1) is 14.7. The molecule has 3 aliphatic rings. The minimum atomic E-state index is -0.215. The Kier molecular flexibility index (Phi) is 7.28. The molecule has 0 spiro atoms. The van der Waals surface area contributed by atoms with Crippen LogP contribution < -0.4 is 5.32 Å². The molecule has 2 unspecified atom stereocenters. The number of carbonyl (C=O) groups is 1. The predicted octanol–water partition coefficient (Wildman–Crippen LogP) is 1.78. The summed E-state index contributed by atoms with van der Waals surface area (Å²) in [6.07, 6.45) is 2.80. The van der Waals surface area contributed by atoms with Gasteiger partial charge in [-0.3, -0.25) is 14.7 Å². The minimum absolute atomic E-state index is 0.167. The molecule has 7 nitrogen and oxygen atoms in total. The van der Waals surface area contributed by atoms with E-state index in [1.165, 1.54) is 5.56 Å². The summed E-state index contributed by atoms with van der Waals surface area (Å²) in [5.41, 5.74) is 1.49. The Morgan fingerprint density at radius 3 is 2.83 bits per heavy atom. The number of nitrogens with one attached hydrogen (secondary N) is 1. The van der Waals surface area contributed by atoms with Crippen LogP contribution in [0.5, 0.6) is 0 Å². The number of fused-ring (bicyclic) bond motifs is 1. The van der Waals surface area contributed by atoms with Crippen LogP contribution in [0, 0.1) is 0 Å². The summed E-state index contributed by atoms with van der Waals surface area (Å²) in [6.45, 7) is 12.0. The average molecular weight is 434 g/mol. The zero-order chi connectivity index (χ0) is 20.9. The number of thiophene rings is 1. The van der Waals surface area contributed by atoms with E-state index in [0.717, 1.165) is 84.2 Å². The molecular formula is C22H35N5O2S. The molecule has 1 N–H and O–H groups in total. The van der Waals surface area contributed by atoms with Gasteiger partial charge in [0, 0.05) is 63.3 Å². The molecule has 3 aliphatic heterocycles. The minimum Gasteiger partial charge on any atom is -0.368 e. The number of piperazine rings is 1. The van der Waals surface area contributed by atoms with Gasteiger partial charge in [0.2, 0.25) is 0 Å².